The van der Waals surface area contributed by atoms with Gasteiger partial charge in [0, 0.05) is 36.7 Å². The largest absolute Gasteiger partial charge is 0.508 e. The number of ether oxygens (including phenoxy) is 1. The molecule has 0 bridgehead atoms. The van der Waals surface area contributed by atoms with Crippen LogP contribution in [0.5, 0.6) is 0 Å². The first kappa shape index (κ1) is 15.3. The first-order valence-corrected chi connectivity index (χ1v) is 7.95. The van der Waals surface area contributed by atoms with E-state index in [4.69, 9.17) is 4.74 Å². The number of hydrogen-bond donors (Lipinski definition) is 1. The van der Waals surface area contributed by atoms with Gasteiger partial charge in [0.1, 0.15) is 17.3 Å². The van der Waals surface area contributed by atoms with Crippen molar-refractivity contribution in [1.82, 2.24) is 0 Å². The number of fused-ring (bicyclic) bond motifs is 2. The Morgan fingerprint density at radius 1 is 1.18 bits per heavy atom. The summed E-state index contributed by atoms with van der Waals surface area (Å²) >= 11 is 0. The molecule has 2 unspecified atom stereocenters. The van der Waals surface area contributed by atoms with Gasteiger partial charge in [-0.2, -0.15) is 0 Å². The Balaban J connectivity index is 2.10. The van der Waals surface area contributed by atoms with E-state index < -0.39 is 5.41 Å². The minimum absolute atomic E-state index is 0.0332. The molecule has 3 aliphatic rings. The quantitative estimate of drug-likeness (QED) is 0.805. The number of methoxy groups -OCH3 is 1. The van der Waals surface area contributed by atoms with Crippen LogP contribution >= 0.6 is 0 Å². The van der Waals surface area contributed by atoms with Crippen molar-refractivity contribution >= 4 is 11.6 Å². The van der Waals surface area contributed by atoms with E-state index in [1.807, 2.05) is 13.8 Å². The van der Waals surface area contributed by atoms with E-state index in [1.165, 1.54) is 0 Å². The summed E-state index contributed by atoms with van der Waals surface area (Å²) in [6, 6.07) is 0. The highest BCUT2D eigenvalue weighted by Crippen LogP contribution is 2.60. The predicted octanol–water partition coefficient (Wildman–Crippen LogP) is 3.48. The second-order valence-corrected chi connectivity index (χ2v) is 7.63. The summed E-state index contributed by atoms with van der Waals surface area (Å²) < 4.78 is 5.30. The van der Waals surface area contributed by atoms with E-state index in [0.717, 1.165) is 17.6 Å². The van der Waals surface area contributed by atoms with Crippen LogP contribution in [-0.2, 0) is 14.3 Å². The Labute approximate surface area is 131 Å². The fraction of sp³-hybridized carbons (Fsp3) is 0.667. The number of Topliss-reactive ketones (excluding diaryl/α,β-unsaturated/α-hetero) is 2. The van der Waals surface area contributed by atoms with Crippen LogP contribution in [0.25, 0.3) is 0 Å². The molecule has 0 aromatic carbocycles. The van der Waals surface area contributed by atoms with Gasteiger partial charge in [0.15, 0.2) is 5.78 Å². The number of aliphatic hydroxyl groups excluding tert-OH is 1. The molecule has 3 rings (SSSR count). The standard InChI is InChI=1S/C18H24O4/c1-17(2)15-9-12(19)10-7-13(20)14(22-4)8-11(10)18(15,3)6-5-16(17)21/h15,20H,5-9H2,1-4H3. The second-order valence-electron chi connectivity index (χ2n) is 7.63. The van der Waals surface area contributed by atoms with Gasteiger partial charge < -0.3 is 9.84 Å². The lowest BCUT2D eigenvalue weighted by Gasteiger charge is -2.54. The van der Waals surface area contributed by atoms with Crippen molar-refractivity contribution in [3.63, 3.8) is 0 Å². The van der Waals surface area contributed by atoms with Crippen LogP contribution in [0.2, 0.25) is 0 Å². The molecular formula is C18H24O4. The van der Waals surface area contributed by atoms with Crippen LogP contribution in [0, 0.1) is 16.7 Å². The molecule has 120 valence electrons. The number of aliphatic hydroxyl groups is 1. The second kappa shape index (κ2) is 4.71. The number of allylic oxidation sites excluding steroid dienone is 2. The van der Waals surface area contributed by atoms with Gasteiger partial charge in [0.2, 0.25) is 0 Å². The zero-order valence-corrected chi connectivity index (χ0v) is 13.8. The van der Waals surface area contributed by atoms with Crippen molar-refractivity contribution in [3.8, 4) is 0 Å². The average Bonchev–Trinajstić information content (AvgIpc) is 2.46. The Bertz CT molecular complexity index is 623. The van der Waals surface area contributed by atoms with Gasteiger partial charge in [0.05, 0.1) is 7.11 Å². The van der Waals surface area contributed by atoms with Crippen molar-refractivity contribution < 1.29 is 19.4 Å². The van der Waals surface area contributed by atoms with Crippen molar-refractivity contribution in [3.05, 3.63) is 22.7 Å². The smallest absolute Gasteiger partial charge is 0.159 e. The van der Waals surface area contributed by atoms with Crippen LogP contribution in [0.3, 0.4) is 0 Å². The van der Waals surface area contributed by atoms with E-state index in [-0.39, 0.29) is 35.1 Å². The minimum Gasteiger partial charge on any atom is -0.508 e. The summed E-state index contributed by atoms with van der Waals surface area (Å²) in [6.45, 7) is 6.14. The summed E-state index contributed by atoms with van der Waals surface area (Å²) in [5.41, 5.74) is 1.20. The summed E-state index contributed by atoms with van der Waals surface area (Å²) in [4.78, 5) is 25.0. The van der Waals surface area contributed by atoms with Crippen molar-refractivity contribution in [2.75, 3.05) is 7.11 Å². The molecule has 1 N–H and O–H groups in total. The predicted molar refractivity (Wildman–Crippen MR) is 82.2 cm³/mol. The lowest BCUT2D eigenvalue weighted by molar-refractivity contribution is -0.141. The highest BCUT2D eigenvalue weighted by atomic mass is 16.5. The zero-order chi connectivity index (χ0) is 16.3. The maximum atomic E-state index is 12.6. The van der Waals surface area contributed by atoms with Crippen LogP contribution in [0.4, 0.5) is 0 Å². The van der Waals surface area contributed by atoms with E-state index in [0.29, 0.717) is 25.0 Å². The molecule has 2 atom stereocenters. The van der Waals surface area contributed by atoms with Crippen molar-refractivity contribution in [2.45, 2.75) is 52.9 Å². The van der Waals surface area contributed by atoms with Gasteiger partial charge in [-0.05, 0) is 23.3 Å². The van der Waals surface area contributed by atoms with Gasteiger partial charge in [-0.3, -0.25) is 9.59 Å². The molecule has 1 saturated carbocycles. The van der Waals surface area contributed by atoms with Crippen LogP contribution in [-0.4, -0.2) is 23.8 Å². The molecule has 4 heteroatoms. The maximum Gasteiger partial charge on any atom is 0.159 e. The third-order valence-corrected chi connectivity index (χ3v) is 6.26. The number of rotatable bonds is 1. The molecular weight excluding hydrogens is 280 g/mol. The van der Waals surface area contributed by atoms with Crippen molar-refractivity contribution in [2.24, 2.45) is 16.7 Å². The molecule has 1 fully saturated rings. The Kier molecular flexibility index (Phi) is 3.28. The van der Waals surface area contributed by atoms with Gasteiger partial charge >= 0.3 is 0 Å². The molecule has 0 aromatic heterocycles. The number of ketones is 2. The molecule has 0 spiro atoms. The van der Waals surface area contributed by atoms with Gasteiger partial charge in [-0.15, -0.1) is 0 Å². The number of carbonyl (C=O) groups is 2. The summed E-state index contributed by atoms with van der Waals surface area (Å²) in [7, 11) is 1.55. The Morgan fingerprint density at radius 2 is 1.86 bits per heavy atom. The van der Waals surface area contributed by atoms with Gasteiger partial charge in [0.25, 0.3) is 0 Å². The Hall–Kier alpha value is -1.58. The topological polar surface area (TPSA) is 63.6 Å². The molecule has 0 heterocycles. The molecule has 4 nitrogen and oxygen atoms in total. The fourth-order valence-corrected chi connectivity index (χ4v) is 4.76. The van der Waals surface area contributed by atoms with Crippen LogP contribution in [0.1, 0.15) is 52.9 Å². The number of hydrogen-bond acceptors (Lipinski definition) is 4. The highest BCUT2D eigenvalue weighted by molar-refractivity contribution is 5.99. The molecule has 0 amide bonds. The zero-order valence-electron chi connectivity index (χ0n) is 13.8. The van der Waals surface area contributed by atoms with Gasteiger partial charge in [-0.1, -0.05) is 20.8 Å². The summed E-state index contributed by atoms with van der Waals surface area (Å²) in [5.74, 6) is 1.10. The lowest BCUT2D eigenvalue weighted by atomic mass is 9.48. The van der Waals surface area contributed by atoms with E-state index >= 15 is 0 Å². The molecule has 0 saturated heterocycles. The van der Waals surface area contributed by atoms with E-state index in [9.17, 15) is 14.7 Å². The lowest BCUT2D eigenvalue weighted by Crippen LogP contribution is -2.52. The minimum atomic E-state index is -0.475. The SMILES string of the molecule is COC1=C(O)CC2=C(C1)C1(C)CCC(=O)C(C)(C)C1CC2=O. The van der Waals surface area contributed by atoms with Crippen LogP contribution in [0.15, 0.2) is 22.7 Å². The van der Waals surface area contributed by atoms with E-state index in [1.54, 1.807) is 7.11 Å². The Morgan fingerprint density at radius 3 is 2.50 bits per heavy atom. The summed E-state index contributed by atoms with van der Waals surface area (Å²) in [6.07, 6.45) is 2.51. The third kappa shape index (κ3) is 1.89. The number of carbonyl (C=O) groups excluding carboxylic acids is 2. The van der Waals surface area contributed by atoms with Crippen molar-refractivity contribution in [1.29, 1.82) is 0 Å². The molecule has 0 aliphatic heterocycles. The summed E-state index contributed by atoms with van der Waals surface area (Å²) in [5, 5.41) is 10.1. The molecule has 0 radical (unpaired) electrons. The molecule has 3 aliphatic carbocycles. The highest BCUT2D eigenvalue weighted by Gasteiger charge is 2.56. The van der Waals surface area contributed by atoms with Crippen LogP contribution < -0.4 is 0 Å². The van der Waals surface area contributed by atoms with Gasteiger partial charge in [-0.25, -0.2) is 0 Å². The maximum absolute atomic E-state index is 12.6. The first-order chi connectivity index (χ1) is 10.2. The molecule has 22 heavy (non-hydrogen) atoms. The third-order valence-electron chi connectivity index (χ3n) is 6.26. The monoisotopic (exact) mass is 304 g/mol. The fourth-order valence-electron chi connectivity index (χ4n) is 4.76. The first-order valence-electron chi connectivity index (χ1n) is 7.95. The average molecular weight is 304 g/mol. The normalized spacial score (nSPS) is 34.5. The molecule has 0 aromatic rings. The van der Waals surface area contributed by atoms with E-state index in [2.05, 4.69) is 6.92 Å².